The third-order valence-corrected chi connectivity index (χ3v) is 5.50. The fourth-order valence-corrected chi connectivity index (χ4v) is 3.66. The predicted molar refractivity (Wildman–Crippen MR) is 141 cm³/mol. The fourth-order valence-electron chi connectivity index (χ4n) is 3.66. The highest BCUT2D eigenvalue weighted by molar-refractivity contribution is 5.92. The number of esters is 1. The molecule has 10 heteroatoms. The van der Waals surface area contributed by atoms with E-state index >= 15 is 0 Å². The monoisotopic (exact) mass is 500 g/mol. The number of aryl methyl sites for hydroxylation is 4. The van der Waals surface area contributed by atoms with Crippen molar-refractivity contribution in [1.29, 1.82) is 0 Å². The molecule has 4 rings (SSSR count). The molecule has 2 heterocycles. The van der Waals surface area contributed by atoms with Crippen LogP contribution in [0.25, 0.3) is 22.5 Å². The summed E-state index contributed by atoms with van der Waals surface area (Å²) in [5, 5.41) is 8.97. The van der Waals surface area contributed by atoms with Crippen molar-refractivity contribution in [3.05, 3.63) is 82.4 Å². The van der Waals surface area contributed by atoms with Gasteiger partial charge in [0.25, 0.3) is 0 Å². The molecule has 0 unspecified atom stereocenters. The summed E-state index contributed by atoms with van der Waals surface area (Å²) in [4.78, 5) is 38.7. The lowest BCUT2D eigenvalue weighted by molar-refractivity contribution is 0.0594. The summed E-state index contributed by atoms with van der Waals surface area (Å²) >= 11 is 0. The Morgan fingerprint density at radius 3 is 1.59 bits per heavy atom. The smallest absolute Gasteiger partial charge is 0.360 e. The third-order valence-electron chi connectivity index (χ3n) is 5.50. The number of benzene rings is 2. The average Bonchev–Trinajstić information content (AvgIpc) is 2.85. The number of aromatic carboxylic acids is 1. The van der Waals surface area contributed by atoms with Crippen molar-refractivity contribution in [1.82, 2.24) is 19.9 Å². The number of carbonyl (C=O) groups is 2. The molecular formula is C27H28N6O4. The van der Waals surface area contributed by atoms with Crippen LogP contribution in [0.3, 0.4) is 0 Å². The molecule has 0 amide bonds. The van der Waals surface area contributed by atoms with E-state index < -0.39 is 11.9 Å². The number of aromatic nitrogens is 4. The Kier molecular flexibility index (Phi) is 8.13. The first-order valence-corrected chi connectivity index (χ1v) is 11.2. The van der Waals surface area contributed by atoms with Crippen LogP contribution in [0.2, 0.25) is 0 Å². The zero-order valence-corrected chi connectivity index (χ0v) is 21.2. The van der Waals surface area contributed by atoms with Gasteiger partial charge in [-0.2, -0.15) is 0 Å². The summed E-state index contributed by atoms with van der Waals surface area (Å²) in [6, 6.07) is 11.8. The van der Waals surface area contributed by atoms with Crippen molar-refractivity contribution >= 4 is 23.6 Å². The maximum atomic E-state index is 11.6. The second-order valence-corrected chi connectivity index (χ2v) is 8.41. The number of nitrogens with zero attached hydrogens (tertiary/aromatic N) is 4. The minimum Gasteiger partial charge on any atom is -0.476 e. The van der Waals surface area contributed by atoms with Gasteiger partial charge in [-0.25, -0.2) is 29.5 Å². The van der Waals surface area contributed by atoms with Gasteiger partial charge in [-0.1, -0.05) is 47.5 Å². The van der Waals surface area contributed by atoms with Crippen molar-refractivity contribution in [2.24, 2.45) is 0 Å². The first kappa shape index (κ1) is 26.7. The van der Waals surface area contributed by atoms with Crippen LogP contribution in [0, 0.1) is 27.7 Å². The Bertz CT molecular complexity index is 1490. The van der Waals surface area contributed by atoms with E-state index in [4.69, 9.17) is 16.6 Å². The molecule has 0 spiro atoms. The molecule has 0 saturated heterocycles. The van der Waals surface area contributed by atoms with Crippen molar-refractivity contribution < 1.29 is 19.4 Å². The molecule has 0 fully saturated rings. The van der Waals surface area contributed by atoms with Crippen LogP contribution in [0.4, 0.5) is 11.6 Å². The summed E-state index contributed by atoms with van der Waals surface area (Å²) in [6.07, 6.45) is 3.04. The van der Waals surface area contributed by atoms with Crippen molar-refractivity contribution in [2.75, 3.05) is 18.6 Å². The van der Waals surface area contributed by atoms with Gasteiger partial charge in [0.05, 0.1) is 30.9 Å². The molecule has 2 aromatic heterocycles. The van der Waals surface area contributed by atoms with E-state index in [1.165, 1.54) is 13.3 Å². The molecule has 37 heavy (non-hydrogen) atoms. The molecule has 0 aliphatic rings. The quantitative estimate of drug-likeness (QED) is 0.346. The number of nitrogens with two attached hydrogens (primary N) is 2. The summed E-state index contributed by atoms with van der Waals surface area (Å²) in [5.74, 6) is -1.76. The maximum absolute atomic E-state index is 11.6. The highest BCUT2D eigenvalue weighted by Gasteiger charge is 2.16. The highest BCUT2D eigenvalue weighted by Crippen LogP contribution is 2.24. The zero-order valence-electron chi connectivity index (χ0n) is 21.2. The molecule has 0 bridgehead atoms. The lowest BCUT2D eigenvalue weighted by atomic mass is 10.0. The SMILES string of the molecule is COC(=O)c1nc(-c2ccc(C)cc2C)cnc1N.Cc1ccc(-c2cnc(N)c(C(=O)O)n2)c(C)c1. The molecule has 10 nitrogen and oxygen atoms in total. The molecule has 4 aromatic rings. The van der Waals surface area contributed by atoms with Gasteiger partial charge >= 0.3 is 11.9 Å². The number of hydrogen-bond donors (Lipinski definition) is 3. The molecule has 2 aromatic carbocycles. The fraction of sp³-hybridized carbons (Fsp3) is 0.185. The van der Waals surface area contributed by atoms with Gasteiger partial charge in [-0.15, -0.1) is 0 Å². The van der Waals surface area contributed by atoms with E-state index in [1.54, 1.807) is 6.20 Å². The number of carboxylic acids is 1. The van der Waals surface area contributed by atoms with Gasteiger partial charge in [0, 0.05) is 11.1 Å². The first-order chi connectivity index (χ1) is 17.5. The first-order valence-electron chi connectivity index (χ1n) is 11.2. The number of hydrogen-bond acceptors (Lipinski definition) is 9. The van der Waals surface area contributed by atoms with Gasteiger partial charge in [-0.05, 0) is 38.8 Å². The van der Waals surface area contributed by atoms with Gasteiger partial charge in [-0.3, -0.25) is 0 Å². The number of methoxy groups -OCH3 is 1. The second-order valence-electron chi connectivity index (χ2n) is 8.41. The molecule has 0 radical (unpaired) electrons. The van der Waals surface area contributed by atoms with E-state index in [1.807, 2.05) is 64.1 Å². The van der Waals surface area contributed by atoms with Crippen LogP contribution in [0.1, 0.15) is 43.2 Å². The minimum absolute atomic E-state index is 0.0416. The lowest BCUT2D eigenvalue weighted by Crippen LogP contribution is -2.10. The summed E-state index contributed by atoms with van der Waals surface area (Å²) in [6.45, 7) is 7.94. The number of rotatable bonds is 4. The van der Waals surface area contributed by atoms with E-state index in [0.717, 1.165) is 33.4 Å². The molecule has 0 saturated carbocycles. The lowest BCUT2D eigenvalue weighted by Gasteiger charge is -2.08. The van der Waals surface area contributed by atoms with Crippen LogP contribution >= 0.6 is 0 Å². The number of carbonyl (C=O) groups excluding carboxylic acids is 1. The van der Waals surface area contributed by atoms with E-state index in [2.05, 4.69) is 24.7 Å². The van der Waals surface area contributed by atoms with E-state index in [-0.39, 0.29) is 23.0 Å². The molecule has 5 N–H and O–H groups in total. The third kappa shape index (κ3) is 6.23. The topological polar surface area (TPSA) is 167 Å². The standard InChI is InChI=1S/C14H15N3O2.C13H13N3O2/c1-8-4-5-10(9(2)6-8)11-7-16-13(15)12(17-11)14(18)19-3;1-7-3-4-9(8(2)5-7)10-6-15-12(14)11(16-10)13(17)18/h4-7H,1-3H3,(H2,15,16);3-6H,1-2H3,(H2,14,15)(H,17,18). The van der Waals surface area contributed by atoms with Crippen LogP contribution in [-0.2, 0) is 4.74 Å². The molecule has 0 aliphatic heterocycles. The largest absolute Gasteiger partial charge is 0.476 e. The zero-order chi connectivity index (χ0) is 27.3. The van der Waals surface area contributed by atoms with Gasteiger partial charge in [0.15, 0.2) is 23.0 Å². The van der Waals surface area contributed by atoms with Gasteiger partial charge in [0.2, 0.25) is 0 Å². The van der Waals surface area contributed by atoms with Crippen LogP contribution in [-0.4, -0.2) is 44.1 Å². The Labute approximate surface area is 214 Å². The predicted octanol–water partition coefficient (Wildman–Crippen LogP) is 4.17. The summed E-state index contributed by atoms with van der Waals surface area (Å²) in [5.41, 5.74) is 18.2. The van der Waals surface area contributed by atoms with Gasteiger partial charge < -0.3 is 21.3 Å². The Hall–Kier alpha value is -4.86. The van der Waals surface area contributed by atoms with Crippen molar-refractivity contribution in [3.8, 4) is 22.5 Å². The molecule has 0 aliphatic carbocycles. The molecular weight excluding hydrogens is 472 g/mol. The van der Waals surface area contributed by atoms with E-state index in [9.17, 15) is 9.59 Å². The average molecular weight is 501 g/mol. The highest BCUT2D eigenvalue weighted by atomic mass is 16.5. The molecule has 190 valence electrons. The Morgan fingerprint density at radius 1 is 0.757 bits per heavy atom. The van der Waals surface area contributed by atoms with Crippen LogP contribution in [0.15, 0.2) is 48.8 Å². The van der Waals surface area contributed by atoms with Crippen LogP contribution < -0.4 is 11.5 Å². The van der Waals surface area contributed by atoms with Gasteiger partial charge in [0.1, 0.15) is 0 Å². The number of carboxylic acid groups (broad SMARTS) is 1. The Balaban J connectivity index is 0.000000206. The van der Waals surface area contributed by atoms with Crippen molar-refractivity contribution in [2.45, 2.75) is 27.7 Å². The maximum Gasteiger partial charge on any atom is 0.360 e. The number of nitrogen functional groups attached to an aromatic ring is 2. The number of ether oxygens (including phenoxy) is 1. The van der Waals surface area contributed by atoms with E-state index in [0.29, 0.717) is 11.4 Å². The summed E-state index contributed by atoms with van der Waals surface area (Å²) in [7, 11) is 1.28. The van der Waals surface area contributed by atoms with Crippen LogP contribution in [0.5, 0.6) is 0 Å². The van der Waals surface area contributed by atoms with Crippen molar-refractivity contribution in [3.63, 3.8) is 0 Å². The second kappa shape index (κ2) is 11.3. The normalized spacial score (nSPS) is 10.3. The minimum atomic E-state index is -1.17. The molecule has 0 atom stereocenters. The summed E-state index contributed by atoms with van der Waals surface area (Å²) < 4.78 is 4.64. The number of anilines is 2. The Morgan fingerprint density at radius 2 is 1.19 bits per heavy atom.